The van der Waals surface area contributed by atoms with Crippen LogP contribution in [0.3, 0.4) is 0 Å². The molecule has 1 aliphatic carbocycles. The minimum atomic E-state index is -0.345. The van der Waals surface area contributed by atoms with Gasteiger partial charge in [-0.15, -0.1) is 0 Å². The van der Waals surface area contributed by atoms with Crippen LogP contribution in [0.4, 0.5) is 0 Å². The van der Waals surface area contributed by atoms with Crippen molar-refractivity contribution in [2.24, 2.45) is 5.41 Å². The van der Waals surface area contributed by atoms with E-state index in [1.54, 1.807) is 13.1 Å². The first-order valence-electron chi connectivity index (χ1n) is 9.17. The van der Waals surface area contributed by atoms with Crippen LogP contribution in [0, 0.1) is 12.3 Å². The Hall–Kier alpha value is -2.43. The molecule has 1 aromatic heterocycles. The van der Waals surface area contributed by atoms with Crippen LogP contribution in [0.1, 0.15) is 67.2 Å². The van der Waals surface area contributed by atoms with Crippen molar-refractivity contribution in [3.63, 3.8) is 0 Å². The Bertz CT molecular complexity index is 787. The van der Waals surface area contributed by atoms with E-state index in [9.17, 15) is 9.59 Å². The Morgan fingerprint density at radius 2 is 1.88 bits per heavy atom. The highest BCUT2D eigenvalue weighted by Crippen LogP contribution is 2.41. The zero-order valence-electron chi connectivity index (χ0n) is 15.7. The van der Waals surface area contributed by atoms with Gasteiger partial charge in [0.1, 0.15) is 18.0 Å². The van der Waals surface area contributed by atoms with E-state index in [4.69, 9.17) is 4.74 Å². The van der Waals surface area contributed by atoms with Gasteiger partial charge in [0.05, 0.1) is 17.9 Å². The lowest BCUT2D eigenvalue weighted by molar-refractivity contribution is -0.127. The molecule has 0 amide bonds. The summed E-state index contributed by atoms with van der Waals surface area (Å²) < 4.78 is 7.35. The fourth-order valence-corrected chi connectivity index (χ4v) is 3.63. The molecule has 0 atom stereocenters. The monoisotopic (exact) mass is 354 g/mol. The lowest BCUT2D eigenvalue weighted by Gasteiger charge is -2.35. The number of hydrogen-bond acceptors (Lipinski definition) is 4. The molecular weight excluding hydrogens is 328 g/mol. The molecule has 0 N–H and O–H groups in total. The molecule has 2 aromatic rings. The lowest BCUT2D eigenvalue weighted by atomic mass is 9.71. The number of ether oxygens (including phenoxy) is 1. The molecule has 0 unspecified atom stereocenters. The van der Waals surface area contributed by atoms with Gasteiger partial charge in [-0.2, -0.15) is 5.10 Å². The van der Waals surface area contributed by atoms with Crippen LogP contribution in [-0.2, 0) is 16.1 Å². The van der Waals surface area contributed by atoms with Crippen LogP contribution in [0.5, 0.6) is 0 Å². The van der Waals surface area contributed by atoms with Crippen molar-refractivity contribution in [1.82, 2.24) is 9.78 Å². The standard InChI is InChI=1S/C21H26N2O3/c1-15-19(20(25)26-14-17-7-5-4-6-8-17)13-22-23(15)18-9-11-21(3,12-10-18)16(2)24/h4-8,13,18H,9-12,14H2,1-3H3. The summed E-state index contributed by atoms with van der Waals surface area (Å²) in [5.41, 5.74) is 2.09. The number of carbonyl (C=O) groups is 2. The van der Waals surface area contributed by atoms with Gasteiger partial charge >= 0.3 is 5.97 Å². The molecule has 5 heteroatoms. The number of ketones is 1. The quantitative estimate of drug-likeness (QED) is 0.753. The van der Waals surface area contributed by atoms with Crippen LogP contribution in [0.15, 0.2) is 36.5 Å². The van der Waals surface area contributed by atoms with Crippen molar-refractivity contribution < 1.29 is 14.3 Å². The van der Waals surface area contributed by atoms with Gasteiger partial charge in [-0.05, 0) is 45.1 Å². The molecule has 1 aliphatic rings. The molecule has 26 heavy (non-hydrogen) atoms. The number of nitrogens with zero attached hydrogens (tertiary/aromatic N) is 2. The van der Waals surface area contributed by atoms with Crippen LogP contribution in [0.2, 0.25) is 0 Å². The van der Waals surface area contributed by atoms with E-state index >= 15 is 0 Å². The summed E-state index contributed by atoms with van der Waals surface area (Å²) in [6.45, 7) is 5.89. The van der Waals surface area contributed by atoms with Gasteiger partial charge in [-0.25, -0.2) is 4.79 Å². The molecule has 1 fully saturated rings. The van der Waals surface area contributed by atoms with Gasteiger partial charge in [-0.3, -0.25) is 9.48 Å². The average molecular weight is 354 g/mol. The predicted octanol–water partition coefficient (Wildman–Crippen LogP) is 4.26. The van der Waals surface area contributed by atoms with Crippen molar-refractivity contribution in [1.29, 1.82) is 0 Å². The van der Waals surface area contributed by atoms with E-state index in [2.05, 4.69) is 5.10 Å². The second kappa shape index (κ2) is 7.44. The normalized spacial score (nSPS) is 22.8. The van der Waals surface area contributed by atoms with Crippen molar-refractivity contribution in [2.45, 2.75) is 59.1 Å². The summed E-state index contributed by atoms with van der Waals surface area (Å²) in [6.07, 6.45) is 5.12. The van der Waals surface area contributed by atoms with Crippen molar-refractivity contribution >= 4 is 11.8 Å². The second-order valence-corrected chi connectivity index (χ2v) is 7.50. The number of benzene rings is 1. The van der Waals surface area contributed by atoms with E-state index in [-0.39, 0.29) is 29.8 Å². The van der Waals surface area contributed by atoms with E-state index in [1.807, 2.05) is 48.9 Å². The van der Waals surface area contributed by atoms with Gasteiger partial charge in [0, 0.05) is 5.41 Å². The van der Waals surface area contributed by atoms with Crippen molar-refractivity contribution in [3.05, 3.63) is 53.3 Å². The first-order valence-corrected chi connectivity index (χ1v) is 9.17. The maximum Gasteiger partial charge on any atom is 0.341 e. The van der Waals surface area contributed by atoms with Gasteiger partial charge in [0.2, 0.25) is 0 Å². The molecule has 1 saturated carbocycles. The Morgan fingerprint density at radius 3 is 2.50 bits per heavy atom. The van der Waals surface area contributed by atoms with E-state index < -0.39 is 0 Å². The molecule has 0 radical (unpaired) electrons. The van der Waals surface area contributed by atoms with Gasteiger partial charge in [-0.1, -0.05) is 37.3 Å². The largest absolute Gasteiger partial charge is 0.457 e. The first-order chi connectivity index (χ1) is 12.4. The molecule has 0 aliphatic heterocycles. The Kier molecular flexibility index (Phi) is 5.25. The third-order valence-corrected chi connectivity index (χ3v) is 5.73. The third-order valence-electron chi connectivity index (χ3n) is 5.73. The Morgan fingerprint density at radius 1 is 1.23 bits per heavy atom. The van der Waals surface area contributed by atoms with Crippen LogP contribution in [0.25, 0.3) is 0 Å². The smallest absolute Gasteiger partial charge is 0.341 e. The van der Waals surface area contributed by atoms with Gasteiger partial charge in [0.15, 0.2) is 0 Å². The van der Waals surface area contributed by atoms with Gasteiger partial charge in [0.25, 0.3) is 0 Å². The fourth-order valence-electron chi connectivity index (χ4n) is 3.63. The molecule has 5 nitrogen and oxygen atoms in total. The summed E-state index contributed by atoms with van der Waals surface area (Å²) in [5.74, 6) is -0.0831. The van der Waals surface area contributed by atoms with E-state index in [1.165, 1.54) is 0 Å². The summed E-state index contributed by atoms with van der Waals surface area (Å²) in [5, 5.41) is 4.44. The highest BCUT2D eigenvalue weighted by molar-refractivity contribution is 5.90. The molecule has 0 bridgehead atoms. The third kappa shape index (κ3) is 3.71. The average Bonchev–Trinajstić information content (AvgIpc) is 3.03. The summed E-state index contributed by atoms with van der Waals surface area (Å²) in [7, 11) is 0. The first kappa shape index (κ1) is 18.4. The highest BCUT2D eigenvalue weighted by atomic mass is 16.5. The number of carbonyl (C=O) groups excluding carboxylic acids is 2. The van der Waals surface area contributed by atoms with Crippen LogP contribution < -0.4 is 0 Å². The van der Waals surface area contributed by atoms with Crippen LogP contribution >= 0.6 is 0 Å². The molecule has 0 spiro atoms. The summed E-state index contributed by atoms with van der Waals surface area (Å²) >= 11 is 0. The number of aromatic nitrogens is 2. The summed E-state index contributed by atoms with van der Waals surface area (Å²) in [6, 6.07) is 9.86. The zero-order valence-corrected chi connectivity index (χ0v) is 15.7. The summed E-state index contributed by atoms with van der Waals surface area (Å²) in [4.78, 5) is 24.2. The fraction of sp³-hybridized carbons (Fsp3) is 0.476. The van der Waals surface area contributed by atoms with Crippen molar-refractivity contribution in [3.8, 4) is 0 Å². The molecule has 1 heterocycles. The SMILES string of the molecule is CC(=O)C1(C)CCC(n2ncc(C(=O)OCc3ccccc3)c2C)CC1. The zero-order chi connectivity index (χ0) is 18.7. The lowest BCUT2D eigenvalue weighted by Crippen LogP contribution is -2.32. The molecule has 0 saturated heterocycles. The second-order valence-electron chi connectivity index (χ2n) is 7.50. The minimum Gasteiger partial charge on any atom is -0.457 e. The Balaban J connectivity index is 1.65. The maximum absolute atomic E-state index is 12.4. The number of hydrogen-bond donors (Lipinski definition) is 0. The predicted molar refractivity (Wildman–Crippen MR) is 98.8 cm³/mol. The molecule has 3 rings (SSSR count). The number of rotatable bonds is 5. The maximum atomic E-state index is 12.4. The number of esters is 1. The molecule has 1 aromatic carbocycles. The number of Topliss-reactive ketones (excluding diaryl/α,β-unsaturated/α-hetero) is 1. The topological polar surface area (TPSA) is 61.2 Å². The minimum absolute atomic E-state index is 0.213. The Labute approximate surface area is 154 Å². The van der Waals surface area contributed by atoms with Crippen LogP contribution in [-0.4, -0.2) is 21.5 Å². The molecular formula is C21H26N2O3. The van der Waals surface area contributed by atoms with Gasteiger partial charge < -0.3 is 4.74 Å². The highest BCUT2D eigenvalue weighted by Gasteiger charge is 2.36. The molecule has 138 valence electrons. The van der Waals surface area contributed by atoms with Crippen molar-refractivity contribution in [2.75, 3.05) is 0 Å². The van der Waals surface area contributed by atoms with E-state index in [0.717, 1.165) is 36.9 Å². The van der Waals surface area contributed by atoms with E-state index in [0.29, 0.717) is 5.56 Å².